The van der Waals surface area contributed by atoms with Gasteiger partial charge < -0.3 is 4.74 Å². The monoisotopic (exact) mass is 256 g/mol. The van der Waals surface area contributed by atoms with Gasteiger partial charge in [0, 0.05) is 11.1 Å². The number of aromatic amines is 1. The van der Waals surface area contributed by atoms with Crippen LogP contribution in [0.25, 0.3) is 0 Å². The molecule has 0 spiro atoms. The van der Waals surface area contributed by atoms with E-state index in [1.54, 1.807) is 24.3 Å². The van der Waals surface area contributed by atoms with Crippen LogP contribution in [0.2, 0.25) is 10.2 Å². The van der Waals surface area contributed by atoms with Crippen LogP contribution < -0.4 is 10.2 Å². The second kappa shape index (κ2) is 4.55. The average molecular weight is 257 g/mol. The molecular weight excluding hydrogens is 251 g/mol. The Labute approximate surface area is 101 Å². The highest BCUT2D eigenvalue weighted by molar-refractivity contribution is 6.30. The lowest BCUT2D eigenvalue weighted by molar-refractivity contribution is 0.450. The molecule has 82 valence electrons. The molecule has 1 heterocycles. The van der Waals surface area contributed by atoms with E-state index < -0.39 is 5.43 Å². The Balaban J connectivity index is 2.27. The number of hydrogen-bond donors (Lipinski definition) is 1. The summed E-state index contributed by atoms with van der Waals surface area (Å²) in [6.45, 7) is 0. The number of nitrogens with one attached hydrogen (secondary N) is 1. The van der Waals surface area contributed by atoms with Crippen LogP contribution >= 0.6 is 23.2 Å². The summed E-state index contributed by atoms with van der Waals surface area (Å²) in [5, 5.41) is 6.86. The molecule has 4 nitrogen and oxygen atoms in total. The highest BCUT2D eigenvalue weighted by atomic mass is 35.5. The van der Waals surface area contributed by atoms with Crippen molar-refractivity contribution in [2.45, 2.75) is 0 Å². The maximum atomic E-state index is 11.4. The summed E-state index contributed by atoms with van der Waals surface area (Å²) in [6.07, 6.45) is 0. The molecule has 0 amide bonds. The minimum atomic E-state index is -0.390. The fourth-order valence-electron chi connectivity index (χ4n) is 1.06. The summed E-state index contributed by atoms with van der Waals surface area (Å²) in [5.41, 5.74) is -0.390. The van der Waals surface area contributed by atoms with Crippen molar-refractivity contribution in [1.29, 1.82) is 0 Å². The predicted molar refractivity (Wildman–Crippen MR) is 61.4 cm³/mol. The fourth-order valence-corrected chi connectivity index (χ4v) is 1.32. The summed E-state index contributed by atoms with van der Waals surface area (Å²) in [6, 6.07) is 7.78. The first-order valence-corrected chi connectivity index (χ1v) is 5.09. The highest BCUT2D eigenvalue weighted by Crippen LogP contribution is 2.19. The normalized spacial score (nSPS) is 10.1. The summed E-state index contributed by atoms with van der Waals surface area (Å²) >= 11 is 11.3. The number of halogens is 2. The summed E-state index contributed by atoms with van der Waals surface area (Å²) in [5.74, 6) is 0.413. The molecule has 2 rings (SSSR count). The van der Waals surface area contributed by atoms with E-state index in [9.17, 15) is 4.79 Å². The second-order valence-corrected chi connectivity index (χ2v) is 3.78. The standard InChI is InChI=1S/C10H6Cl2N2O2/c11-6-1-3-7(4-2-6)16-10-8(15)5-9(12)13-14-10/h1-5H,(H,13,15). The zero-order chi connectivity index (χ0) is 11.5. The summed E-state index contributed by atoms with van der Waals surface area (Å²) in [7, 11) is 0. The molecule has 6 heteroatoms. The number of hydrogen-bond acceptors (Lipinski definition) is 3. The molecule has 1 N–H and O–H groups in total. The van der Waals surface area contributed by atoms with Crippen molar-refractivity contribution >= 4 is 23.2 Å². The number of aromatic nitrogens is 2. The smallest absolute Gasteiger partial charge is 0.285 e. The van der Waals surface area contributed by atoms with Gasteiger partial charge in [-0.3, -0.25) is 9.89 Å². The molecule has 0 aliphatic heterocycles. The van der Waals surface area contributed by atoms with Crippen molar-refractivity contribution in [3.05, 3.63) is 50.7 Å². The predicted octanol–water partition coefficient (Wildman–Crippen LogP) is 2.87. The van der Waals surface area contributed by atoms with E-state index >= 15 is 0 Å². The first-order valence-electron chi connectivity index (χ1n) is 4.34. The molecule has 0 aliphatic carbocycles. The van der Waals surface area contributed by atoms with Gasteiger partial charge in [-0.2, -0.15) is 0 Å². The maximum Gasteiger partial charge on any atom is 0.285 e. The Hall–Kier alpha value is -1.52. The molecule has 0 bridgehead atoms. The van der Waals surface area contributed by atoms with Crippen molar-refractivity contribution in [3.8, 4) is 11.6 Å². The van der Waals surface area contributed by atoms with E-state index in [1.807, 2.05) is 0 Å². The Morgan fingerprint density at radius 1 is 1.19 bits per heavy atom. The summed E-state index contributed by atoms with van der Waals surface area (Å²) < 4.78 is 5.25. The van der Waals surface area contributed by atoms with Crippen LogP contribution in [-0.4, -0.2) is 10.2 Å². The van der Waals surface area contributed by atoms with Crippen LogP contribution in [0.5, 0.6) is 11.6 Å². The number of H-pyrrole nitrogens is 1. The average Bonchev–Trinajstić information content (AvgIpc) is 2.25. The zero-order valence-corrected chi connectivity index (χ0v) is 9.42. The van der Waals surface area contributed by atoms with E-state index in [0.29, 0.717) is 10.8 Å². The molecule has 2 aromatic rings. The van der Waals surface area contributed by atoms with E-state index in [2.05, 4.69) is 10.2 Å². The first kappa shape index (κ1) is 11.0. The van der Waals surface area contributed by atoms with Crippen molar-refractivity contribution < 1.29 is 4.74 Å². The van der Waals surface area contributed by atoms with Crippen molar-refractivity contribution in [1.82, 2.24) is 10.2 Å². The molecular formula is C10H6Cl2N2O2. The molecule has 1 aromatic heterocycles. The molecule has 0 fully saturated rings. The van der Waals surface area contributed by atoms with Crippen molar-refractivity contribution in [2.75, 3.05) is 0 Å². The largest absolute Gasteiger partial charge is 0.435 e. The van der Waals surface area contributed by atoms with Crippen LogP contribution in [0.1, 0.15) is 0 Å². The number of rotatable bonds is 2. The van der Waals surface area contributed by atoms with Crippen LogP contribution in [0.15, 0.2) is 35.1 Å². The molecule has 1 aromatic carbocycles. The minimum Gasteiger partial charge on any atom is -0.435 e. The van der Waals surface area contributed by atoms with Crippen LogP contribution in [0.3, 0.4) is 0 Å². The van der Waals surface area contributed by atoms with Crippen molar-refractivity contribution in [2.24, 2.45) is 0 Å². The van der Waals surface area contributed by atoms with Gasteiger partial charge in [0.05, 0.1) is 0 Å². The van der Waals surface area contributed by atoms with Crippen LogP contribution in [0, 0.1) is 0 Å². The van der Waals surface area contributed by atoms with Gasteiger partial charge in [-0.1, -0.05) is 23.2 Å². The SMILES string of the molecule is O=c1cc(Cl)[nH]nc1Oc1ccc(Cl)cc1. The van der Waals surface area contributed by atoms with Gasteiger partial charge in [0.15, 0.2) is 0 Å². The number of benzene rings is 1. The second-order valence-electron chi connectivity index (χ2n) is 2.94. The molecule has 0 radical (unpaired) electrons. The quantitative estimate of drug-likeness (QED) is 0.899. The van der Waals surface area contributed by atoms with Gasteiger partial charge in [0.2, 0.25) is 5.43 Å². The molecule has 16 heavy (non-hydrogen) atoms. The van der Waals surface area contributed by atoms with E-state index in [-0.39, 0.29) is 11.0 Å². The third-order valence-electron chi connectivity index (χ3n) is 1.76. The Bertz CT molecular complexity index is 551. The third-order valence-corrected chi connectivity index (χ3v) is 2.21. The fraction of sp³-hybridized carbons (Fsp3) is 0. The zero-order valence-electron chi connectivity index (χ0n) is 7.91. The highest BCUT2D eigenvalue weighted by Gasteiger charge is 2.04. The number of ether oxygens (including phenoxy) is 1. The number of nitrogens with zero attached hydrogens (tertiary/aromatic N) is 1. The third kappa shape index (κ3) is 2.53. The van der Waals surface area contributed by atoms with Gasteiger partial charge in [0.1, 0.15) is 10.9 Å². The lowest BCUT2D eigenvalue weighted by atomic mass is 10.3. The van der Waals surface area contributed by atoms with Crippen LogP contribution in [-0.2, 0) is 0 Å². The van der Waals surface area contributed by atoms with Gasteiger partial charge in [0.25, 0.3) is 5.88 Å². The Kier molecular flexibility index (Phi) is 3.12. The van der Waals surface area contributed by atoms with Crippen molar-refractivity contribution in [3.63, 3.8) is 0 Å². The molecule has 0 saturated carbocycles. The minimum absolute atomic E-state index is 0.0632. The van der Waals surface area contributed by atoms with E-state index in [1.165, 1.54) is 6.07 Å². The van der Waals surface area contributed by atoms with E-state index in [4.69, 9.17) is 27.9 Å². The van der Waals surface area contributed by atoms with Crippen LogP contribution in [0.4, 0.5) is 0 Å². The lowest BCUT2D eigenvalue weighted by Crippen LogP contribution is -2.07. The van der Waals surface area contributed by atoms with Gasteiger partial charge in [-0.25, -0.2) is 0 Å². The molecule has 0 atom stereocenters. The Morgan fingerprint density at radius 2 is 1.88 bits per heavy atom. The van der Waals surface area contributed by atoms with Gasteiger partial charge in [-0.05, 0) is 24.3 Å². The molecule has 0 aliphatic rings. The molecule has 0 unspecified atom stereocenters. The first-order chi connectivity index (χ1) is 7.65. The topological polar surface area (TPSA) is 55.0 Å². The molecule has 0 saturated heterocycles. The maximum absolute atomic E-state index is 11.4. The van der Waals surface area contributed by atoms with E-state index in [0.717, 1.165) is 0 Å². The Morgan fingerprint density at radius 3 is 2.50 bits per heavy atom. The van der Waals surface area contributed by atoms with Gasteiger partial charge >= 0.3 is 0 Å². The van der Waals surface area contributed by atoms with Gasteiger partial charge in [-0.15, -0.1) is 5.10 Å². The summed E-state index contributed by atoms with van der Waals surface area (Å²) in [4.78, 5) is 11.4. The lowest BCUT2D eigenvalue weighted by Gasteiger charge is -2.03.